The molecule has 440 valence electrons. The second kappa shape index (κ2) is 24.3. The number of aliphatic carboxylic acids is 1. The van der Waals surface area contributed by atoms with Crippen molar-refractivity contribution in [3.05, 3.63) is 130 Å². The van der Waals surface area contributed by atoms with Gasteiger partial charge >= 0.3 is 11.9 Å². The number of ether oxygens (including phenoxy) is 13. The van der Waals surface area contributed by atoms with Crippen LogP contribution in [0.5, 0.6) is 69.0 Å². The average molecular weight is 1160 g/mol. The van der Waals surface area contributed by atoms with E-state index in [0.29, 0.717) is 80.9 Å². The number of hydrogen-bond acceptors (Lipinski definition) is 20. The second-order valence-electron chi connectivity index (χ2n) is 20.0. The molecular weight excluding hydrogens is 1100 g/mol. The molecule has 0 unspecified atom stereocenters. The Labute approximate surface area is 486 Å². The number of carbonyl (C=O) groups is 3. The summed E-state index contributed by atoms with van der Waals surface area (Å²) < 4.78 is 71.6. The number of hydrazine groups is 1. The second-order valence-corrected chi connectivity index (χ2v) is 20.0. The summed E-state index contributed by atoms with van der Waals surface area (Å²) in [7, 11) is 12.5. The summed E-state index contributed by atoms with van der Waals surface area (Å²) in [6.07, 6.45) is 0. The number of rotatable bonds is 13. The number of nitrogens with zero attached hydrogens (tertiary/aromatic N) is 2. The number of benzene rings is 6. The van der Waals surface area contributed by atoms with Crippen LogP contribution in [-0.2, 0) is 14.3 Å². The number of esters is 1. The van der Waals surface area contributed by atoms with Gasteiger partial charge in [0.1, 0.15) is 18.1 Å². The summed E-state index contributed by atoms with van der Waals surface area (Å²) >= 11 is 0. The average Bonchev–Trinajstić information content (AvgIpc) is 1.86. The minimum Gasteiger partial charge on any atom is -0.497 e. The Balaban J connectivity index is 0.000000184. The number of carboxylic acid groups (broad SMARTS) is 1. The molecule has 6 aromatic carbocycles. The minimum atomic E-state index is -1.16. The molecule has 4 N–H and O–H groups in total. The number of carbonyl (C=O) groups excluding carboxylic acids is 2. The van der Waals surface area contributed by atoms with Crippen molar-refractivity contribution in [3.63, 3.8) is 0 Å². The number of anilines is 2. The molecule has 83 heavy (non-hydrogen) atoms. The maximum absolute atomic E-state index is 13.7. The summed E-state index contributed by atoms with van der Waals surface area (Å²) in [6.45, 7) is 4.17. The molecule has 6 atom stereocenters. The zero-order chi connectivity index (χ0) is 57.5. The molecule has 21 nitrogen and oxygen atoms in total. The number of nitrogens with one attached hydrogen (secondary N) is 1. The summed E-state index contributed by atoms with van der Waals surface area (Å²) in [5, 5.41) is 17.5. The first-order valence-electron chi connectivity index (χ1n) is 25.7. The van der Waals surface area contributed by atoms with E-state index in [0.717, 1.165) is 45.1 Å². The zero-order valence-corrected chi connectivity index (χ0v) is 47.6. The van der Waals surface area contributed by atoms with E-state index in [1.54, 1.807) is 40.2 Å². The van der Waals surface area contributed by atoms with Crippen LogP contribution < -0.4 is 73.1 Å². The van der Waals surface area contributed by atoms with Crippen LogP contribution in [0.4, 0.5) is 11.4 Å². The molecule has 4 heterocycles. The highest BCUT2D eigenvalue weighted by molar-refractivity contribution is 6.10. The van der Waals surface area contributed by atoms with Gasteiger partial charge in [-0.2, -0.15) is 5.10 Å². The minimum absolute atomic E-state index is 0. The summed E-state index contributed by atoms with van der Waals surface area (Å²) in [5.74, 6) is 7.81. The van der Waals surface area contributed by atoms with Crippen LogP contribution >= 0.6 is 12.4 Å². The molecule has 0 bridgehead atoms. The highest BCUT2D eigenvalue weighted by Gasteiger charge is 2.68. The van der Waals surface area contributed by atoms with Gasteiger partial charge in [0.05, 0.1) is 91.6 Å². The fourth-order valence-corrected chi connectivity index (χ4v) is 11.8. The third-order valence-corrected chi connectivity index (χ3v) is 16.1. The Bertz CT molecular complexity index is 3380. The normalized spacial score (nSPS) is 21.3. The predicted molar refractivity (Wildman–Crippen MR) is 309 cm³/mol. The van der Waals surface area contributed by atoms with E-state index in [1.165, 1.54) is 42.7 Å². The molecule has 1 saturated heterocycles. The molecule has 6 aromatic rings. The Morgan fingerprint density at radius 1 is 0.627 bits per heavy atom. The number of halogens is 1. The summed E-state index contributed by atoms with van der Waals surface area (Å²) in [6, 6.07) is 29.4. The Morgan fingerprint density at radius 2 is 1.10 bits per heavy atom. The highest BCUT2D eigenvalue weighted by atomic mass is 35.5. The maximum Gasteiger partial charge on any atom is 0.313 e. The molecule has 22 heteroatoms. The van der Waals surface area contributed by atoms with Gasteiger partial charge < -0.3 is 72.1 Å². The van der Waals surface area contributed by atoms with Gasteiger partial charge in [-0.25, -0.2) is 0 Å². The molecule has 0 spiro atoms. The first-order valence-corrected chi connectivity index (χ1v) is 25.7. The molecule has 0 saturated carbocycles. The topological polar surface area (TPSA) is 245 Å². The van der Waals surface area contributed by atoms with E-state index in [4.69, 9.17) is 72.5 Å². The van der Waals surface area contributed by atoms with E-state index in [-0.39, 0.29) is 45.8 Å². The van der Waals surface area contributed by atoms with Crippen molar-refractivity contribution in [2.24, 2.45) is 33.6 Å². The third-order valence-electron chi connectivity index (χ3n) is 16.1. The first-order chi connectivity index (χ1) is 39.1. The van der Waals surface area contributed by atoms with E-state index >= 15 is 0 Å². The van der Waals surface area contributed by atoms with Crippen LogP contribution in [0.25, 0.3) is 0 Å². The van der Waals surface area contributed by atoms with Crippen molar-refractivity contribution in [3.8, 4) is 69.0 Å². The molecule has 4 aliphatic heterocycles. The van der Waals surface area contributed by atoms with Crippen molar-refractivity contribution < 1.29 is 81.1 Å². The Morgan fingerprint density at radius 3 is 1.57 bits per heavy atom. The molecule has 0 aromatic heterocycles. The van der Waals surface area contributed by atoms with Gasteiger partial charge in [0.25, 0.3) is 0 Å². The lowest BCUT2D eigenvalue weighted by atomic mass is 9.51. The highest BCUT2D eigenvalue weighted by Crippen LogP contribution is 2.63. The molecule has 1 fully saturated rings. The van der Waals surface area contributed by atoms with Crippen LogP contribution in [0, 0.1) is 22.7 Å². The maximum atomic E-state index is 13.7. The summed E-state index contributed by atoms with van der Waals surface area (Å²) in [4.78, 5) is 40.0. The molecule has 0 amide bonds. The lowest BCUT2D eigenvalue weighted by Crippen LogP contribution is -2.52. The number of cyclic esters (lactones) is 1. The lowest BCUT2D eigenvalue weighted by Gasteiger charge is -2.46. The number of ketones is 1. The number of Topliss-reactive ketones (excluding diaryl/α,β-unsaturated/α-hetero) is 1. The number of carboxylic acids is 1. The van der Waals surface area contributed by atoms with Crippen LogP contribution in [-0.4, -0.2) is 112 Å². The number of hydrazone groups is 1. The van der Waals surface area contributed by atoms with Crippen molar-refractivity contribution in [2.45, 2.75) is 33.1 Å². The molecular formula is C61H67ClN4O17. The third kappa shape index (κ3) is 10.2. The summed E-state index contributed by atoms with van der Waals surface area (Å²) in [5.41, 5.74) is 6.96. The predicted octanol–water partition coefficient (Wildman–Crippen LogP) is 9.51. The molecule has 6 aliphatic rings. The molecule has 2 aliphatic carbocycles. The van der Waals surface area contributed by atoms with Crippen molar-refractivity contribution in [1.82, 2.24) is 0 Å². The van der Waals surface area contributed by atoms with Crippen LogP contribution in [0.2, 0.25) is 0 Å². The van der Waals surface area contributed by atoms with Crippen molar-refractivity contribution >= 4 is 47.2 Å². The number of hydrogen-bond donors (Lipinski definition) is 3. The van der Waals surface area contributed by atoms with E-state index in [2.05, 4.69) is 5.43 Å². The smallest absolute Gasteiger partial charge is 0.313 e. The van der Waals surface area contributed by atoms with Gasteiger partial charge in [0, 0.05) is 34.6 Å². The van der Waals surface area contributed by atoms with Gasteiger partial charge in [-0.05, 0) is 133 Å². The van der Waals surface area contributed by atoms with Gasteiger partial charge in [0.15, 0.2) is 51.8 Å². The Kier molecular flexibility index (Phi) is 17.6. The largest absolute Gasteiger partial charge is 0.497 e. The number of methoxy groups -OCH3 is 8. The van der Waals surface area contributed by atoms with E-state index in [1.807, 2.05) is 89.9 Å². The number of nitrogen functional groups attached to an aromatic ring is 1. The lowest BCUT2D eigenvalue weighted by molar-refractivity contribution is -0.147. The van der Waals surface area contributed by atoms with Crippen LogP contribution in [0.1, 0.15) is 71.3 Å². The fraction of sp³-hybridized carbons (Fsp3) is 0.344. The zero-order valence-electron chi connectivity index (χ0n) is 46.7. The van der Waals surface area contributed by atoms with Gasteiger partial charge in [-0.3, -0.25) is 25.2 Å². The van der Waals surface area contributed by atoms with Gasteiger partial charge in [-0.1, -0.05) is 7.43 Å². The standard InChI is InChI=1S/C29H28N2O8.C24H24O8.C7H10N2O.CH4.ClH/c1-34-17-7-5-16(6-8-17)31-13-20-26(29(32)33)25(15-9-23(35-2)28(37-4)24(10-15)36-3)18-11-21-22(39-14-38-21)12-19(18)27(20)30-31;1-23-10-30-22(26)24(23,2)19(12-6-17(27-3)20(29-5)18(7-12)28-4)13-8-15-16(32-11-31-15)9-14(13)21(23)25;1-10-7-4-2-6(9-8)3-5-7;;/h5-12,20,25-26H,13-14H2,1-4H3,(H,32,33);6-9,19H,10-11H2,1-5H3;2-5,9H,8H2,1H3;1H4;1H/t20-,25+,26-;19-,23-,24+;;;/m01.../s1. The monoisotopic (exact) mass is 1160 g/mol. The van der Waals surface area contributed by atoms with Crippen LogP contribution in [0.15, 0.2) is 102 Å². The molecule has 0 radical (unpaired) electrons. The Hall–Kier alpha value is -8.95. The fourth-order valence-electron chi connectivity index (χ4n) is 11.8. The first kappa shape index (κ1) is 60.2. The van der Waals surface area contributed by atoms with Gasteiger partial charge in [0.2, 0.25) is 25.1 Å². The van der Waals surface area contributed by atoms with E-state index in [9.17, 15) is 19.5 Å². The van der Waals surface area contributed by atoms with E-state index < -0.39 is 46.4 Å². The van der Waals surface area contributed by atoms with Crippen molar-refractivity contribution in [2.75, 3.05) is 94.1 Å². The van der Waals surface area contributed by atoms with Crippen LogP contribution in [0.3, 0.4) is 0 Å². The quantitative estimate of drug-likeness (QED) is 0.0553. The number of nitrogens with two attached hydrogens (primary N) is 1. The number of fused-ring (bicyclic) bond motifs is 7. The molecule has 12 rings (SSSR count). The SMILES string of the molecule is C.COc1cc([C@@H]2c3cc4c(cc3C(=O)[C@@]3(C)COC(=O)[C@]23C)OCO4)cc(OC)c1OC.COc1ccc(N2C[C@@H]3C(=N2)c2cc4c(cc2[C@@H](c2cc(OC)c(OC)c(OC)c2)[C@H]3C(=O)O)OCO4)cc1.COc1ccc(NN)cc1.Cl. The van der Waals surface area contributed by atoms with Crippen molar-refractivity contribution in [1.29, 1.82) is 0 Å². The van der Waals surface area contributed by atoms with Gasteiger partial charge in [-0.15, -0.1) is 12.4 Å².